The summed E-state index contributed by atoms with van der Waals surface area (Å²) in [6.07, 6.45) is 7.50. The number of hydrogen-bond acceptors (Lipinski definition) is 6. The number of likely N-dealkylation sites (tertiary alicyclic amines) is 1. The van der Waals surface area contributed by atoms with Crippen molar-refractivity contribution in [2.45, 2.75) is 68.7 Å². The number of ether oxygens (including phenoxy) is 2. The van der Waals surface area contributed by atoms with Gasteiger partial charge < -0.3 is 19.5 Å². The van der Waals surface area contributed by atoms with Crippen molar-refractivity contribution in [3.63, 3.8) is 0 Å². The van der Waals surface area contributed by atoms with E-state index in [-0.39, 0.29) is 29.7 Å². The van der Waals surface area contributed by atoms with Crippen molar-refractivity contribution in [1.82, 2.24) is 9.80 Å². The van der Waals surface area contributed by atoms with Crippen molar-refractivity contribution in [1.29, 1.82) is 0 Å². The normalized spacial score (nSPS) is 30.4. The van der Waals surface area contributed by atoms with Crippen LogP contribution in [-0.4, -0.2) is 70.7 Å². The number of carbonyl (C=O) groups excluding carboxylic acids is 2. The highest BCUT2D eigenvalue weighted by molar-refractivity contribution is 5.92. The summed E-state index contributed by atoms with van der Waals surface area (Å²) in [7, 11) is 1.82. The van der Waals surface area contributed by atoms with Gasteiger partial charge in [-0.05, 0) is 55.9 Å². The molecule has 6 rings (SSSR count). The van der Waals surface area contributed by atoms with Gasteiger partial charge in [-0.25, -0.2) is 0 Å². The topological polar surface area (TPSA) is 79.3 Å². The Hall–Kier alpha value is -3.58. The molecule has 2 aromatic carbocycles. The molecule has 0 radical (unpaired) electrons. The van der Waals surface area contributed by atoms with Crippen LogP contribution in [-0.2, 0) is 26.2 Å². The molecule has 1 saturated carbocycles. The van der Waals surface area contributed by atoms with E-state index < -0.39 is 17.1 Å². The zero-order valence-corrected chi connectivity index (χ0v) is 22.9. The second kappa shape index (κ2) is 9.26. The number of aromatic hydroxyl groups is 1. The van der Waals surface area contributed by atoms with Crippen molar-refractivity contribution in [2.75, 3.05) is 20.1 Å². The van der Waals surface area contributed by atoms with Crippen molar-refractivity contribution in [3.05, 3.63) is 77.4 Å². The molecular weight excluding hydrogens is 492 g/mol. The second-order valence-electron chi connectivity index (χ2n) is 11.5. The minimum atomic E-state index is -0.825. The van der Waals surface area contributed by atoms with Gasteiger partial charge in [-0.1, -0.05) is 42.0 Å². The summed E-state index contributed by atoms with van der Waals surface area (Å²) in [5, 5.41) is 10.9. The summed E-state index contributed by atoms with van der Waals surface area (Å²) < 4.78 is 13.1. The van der Waals surface area contributed by atoms with Crippen LogP contribution in [0.3, 0.4) is 0 Å². The summed E-state index contributed by atoms with van der Waals surface area (Å²) in [6, 6.07) is 11.4. The Morgan fingerprint density at radius 2 is 2.10 bits per heavy atom. The highest BCUT2D eigenvalue weighted by Crippen LogP contribution is 2.67. The number of aryl methyl sites for hydroxylation is 1. The lowest BCUT2D eigenvalue weighted by Gasteiger charge is -2.65. The Morgan fingerprint density at radius 3 is 2.85 bits per heavy atom. The molecule has 5 atom stereocenters. The van der Waals surface area contributed by atoms with E-state index in [4.69, 9.17) is 9.47 Å². The molecule has 1 N–H and O–H groups in total. The first kappa shape index (κ1) is 25.7. The van der Waals surface area contributed by atoms with E-state index in [1.165, 1.54) is 6.92 Å². The Labute approximate surface area is 229 Å². The molecule has 2 aliphatic heterocycles. The highest BCUT2D eigenvalue weighted by Gasteiger charge is 2.75. The highest BCUT2D eigenvalue weighted by atomic mass is 16.6. The largest absolute Gasteiger partial charge is 0.504 e. The lowest BCUT2D eigenvalue weighted by atomic mass is 9.48. The van der Waals surface area contributed by atoms with E-state index in [1.807, 2.05) is 56.5 Å². The summed E-state index contributed by atoms with van der Waals surface area (Å²) in [5.74, 6) is 0.138. The molecule has 1 amide bonds. The third kappa shape index (κ3) is 3.66. The molecule has 1 saturated heterocycles. The third-order valence-electron chi connectivity index (χ3n) is 9.50. The number of likely N-dealkylation sites (N-methyl/N-ethyl adjacent to an activating group) is 1. The molecule has 2 aromatic rings. The standard InChI is InChI=1S/C32H36N2O5/c1-5-16-34-17-15-31-28-23-10-11-25(36)29(28)38-30(31)24(13-14-32(31,26(34)19-23)39-21(3)35)33(4)27(37)12-9-22-8-6-7-20(2)18-22/h5-12,18,24,26,30,36H,1,13-17,19H2,2-4H3/t24-,26-,30+,31+,32-/m1/s1. The van der Waals surface area contributed by atoms with E-state index in [0.717, 1.165) is 28.8 Å². The van der Waals surface area contributed by atoms with Gasteiger partial charge in [0.05, 0.1) is 17.5 Å². The molecule has 2 fully saturated rings. The minimum absolute atomic E-state index is 0.0505. The molecule has 4 aliphatic rings. The maximum atomic E-state index is 13.5. The SMILES string of the molecule is C=CCN1CC[C@]23c4c5ccc(O)c4O[C@H]2[C@H](N(C)C(=O)C=Cc2cccc(C)c2)CC[C@@]3(OC(C)=O)[C@H]1C5. The van der Waals surface area contributed by atoms with Crippen LogP contribution in [0.1, 0.15) is 48.4 Å². The zero-order chi connectivity index (χ0) is 27.5. The third-order valence-corrected chi connectivity index (χ3v) is 9.50. The number of nitrogens with zero attached hydrogens (tertiary/aromatic N) is 2. The smallest absolute Gasteiger partial charge is 0.303 e. The molecule has 204 valence electrons. The maximum absolute atomic E-state index is 13.5. The lowest BCUT2D eigenvalue weighted by molar-refractivity contribution is -0.222. The van der Waals surface area contributed by atoms with Crippen LogP contribution >= 0.6 is 0 Å². The summed E-state index contributed by atoms with van der Waals surface area (Å²) in [6.45, 7) is 8.95. The second-order valence-corrected chi connectivity index (χ2v) is 11.5. The number of phenols is 1. The molecule has 2 aliphatic carbocycles. The fraction of sp³-hybridized carbons (Fsp3) is 0.438. The van der Waals surface area contributed by atoms with Crippen molar-refractivity contribution < 1.29 is 24.2 Å². The molecule has 0 unspecified atom stereocenters. The van der Waals surface area contributed by atoms with E-state index in [0.29, 0.717) is 38.0 Å². The van der Waals surface area contributed by atoms with Gasteiger partial charge in [-0.2, -0.15) is 0 Å². The molecule has 0 aromatic heterocycles. The van der Waals surface area contributed by atoms with E-state index in [9.17, 15) is 14.7 Å². The van der Waals surface area contributed by atoms with Gasteiger partial charge in [0.15, 0.2) is 11.5 Å². The average Bonchev–Trinajstić information content (AvgIpc) is 3.25. The fourth-order valence-electron chi connectivity index (χ4n) is 8.04. The number of phenolic OH excluding ortho intramolecular Hbond substituents is 1. The predicted molar refractivity (Wildman–Crippen MR) is 149 cm³/mol. The first-order valence-corrected chi connectivity index (χ1v) is 13.8. The summed E-state index contributed by atoms with van der Waals surface area (Å²) >= 11 is 0. The van der Waals surface area contributed by atoms with Crippen molar-refractivity contribution in [3.8, 4) is 11.5 Å². The van der Waals surface area contributed by atoms with E-state index in [1.54, 1.807) is 17.0 Å². The molecule has 7 nitrogen and oxygen atoms in total. The monoisotopic (exact) mass is 528 g/mol. The fourth-order valence-corrected chi connectivity index (χ4v) is 8.04. The van der Waals surface area contributed by atoms with Gasteiger partial charge in [0.2, 0.25) is 5.91 Å². The average molecular weight is 529 g/mol. The zero-order valence-electron chi connectivity index (χ0n) is 22.9. The first-order valence-electron chi connectivity index (χ1n) is 13.8. The molecule has 39 heavy (non-hydrogen) atoms. The van der Waals surface area contributed by atoms with Crippen LogP contribution in [0.4, 0.5) is 0 Å². The number of carbonyl (C=O) groups is 2. The maximum Gasteiger partial charge on any atom is 0.303 e. The first-order chi connectivity index (χ1) is 18.7. The van der Waals surface area contributed by atoms with E-state index >= 15 is 0 Å². The van der Waals surface area contributed by atoms with Crippen LogP contribution < -0.4 is 4.74 Å². The molecular formula is C32H36N2O5. The van der Waals surface area contributed by atoms with Crippen LogP contribution in [0.25, 0.3) is 6.08 Å². The number of benzene rings is 2. The van der Waals surface area contributed by atoms with Gasteiger partial charge in [0.25, 0.3) is 0 Å². The number of hydrogen-bond donors (Lipinski definition) is 1. The quantitative estimate of drug-likeness (QED) is 0.345. The number of rotatable bonds is 6. The lowest BCUT2D eigenvalue weighted by Crippen LogP contribution is -2.79. The van der Waals surface area contributed by atoms with E-state index in [2.05, 4.69) is 11.5 Å². The molecule has 2 heterocycles. The number of piperidine rings is 1. The number of amides is 1. The van der Waals surface area contributed by atoms with Crippen molar-refractivity contribution in [2.24, 2.45) is 0 Å². The van der Waals surface area contributed by atoms with Gasteiger partial charge >= 0.3 is 5.97 Å². The summed E-state index contributed by atoms with van der Waals surface area (Å²) in [4.78, 5) is 30.3. The van der Waals surface area contributed by atoms with Gasteiger partial charge in [-0.3, -0.25) is 14.5 Å². The molecule has 7 heteroatoms. The summed E-state index contributed by atoms with van der Waals surface area (Å²) in [5.41, 5.74) is 2.68. The van der Waals surface area contributed by atoms with Gasteiger partial charge in [0.1, 0.15) is 11.7 Å². The van der Waals surface area contributed by atoms with Crippen LogP contribution in [0.2, 0.25) is 0 Å². The van der Waals surface area contributed by atoms with Crippen molar-refractivity contribution >= 4 is 18.0 Å². The van der Waals surface area contributed by atoms with Crippen LogP contribution in [0.5, 0.6) is 11.5 Å². The number of esters is 1. The Balaban J connectivity index is 1.43. The van der Waals surface area contributed by atoms with Gasteiger partial charge in [-0.15, -0.1) is 6.58 Å². The minimum Gasteiger partial charge on any atom is -0.504 e. The van der Waals surface area contributed by atoms with Gasteiger partial charge in [0, 0.05) is 38.7 Å². The predicted octanol–water partition coefficient (Wildman–Crippen LogP) is 4.15. The Bertz CT molecular complexity index is 1380. The molecule has 1 spiro atoms. The Morgan fingerprint density at radius 1 is 1.28 bits per heavy atom. The van der Waals surface area contributed by atoms with Crippen LogP contribution in [0, 0.1) is 6.92 Å². The molecule has 2 bridgehead atoms. The van der Waals surface area contributed by atoms with Crippen LogP contribution in [0.15, 0.2) is 55.1 Å². The Kier molecular flexibility index (Phi) is 6.10.